The molecule has 6 heteroatoms. The van der Waals surface area contributed by atoms with E-state index < -0.39 is 5.41 Å². The van der Waals surface area contributed by atoms with E-state index in [2.05, 4.69) is 10.3 Å². The monoisotopic (exact) mass is 311 g/mol. The van der Waals surface area contributed by atoms with Crippen LogP contribution in [0.15, 0.2) is 10.6 Å². The molecule has 0 atom stereocenters. The van der Waals surface area contributed by atoms with E-state index in [4.69, 9.17) is 22.4 Å². The van der Waals surface area contributed by atoms with Gasteiger partial charge in [-0.2, -0.15) is 0 Å². The molecule has 0 unspecified atom stereocenters. The van der Waals surface area contributed by atoms with Crippen molar-refractivity contribution in [3.05, 3.63) is 17.8 Å². The summed E-state index contributed by atoms with van der Waals surface area (Å²) in [6.07, 6.45) is 5.49. The predicted octanol–water partition coefficient (Wildman–Crippen LogP) is 2.73. The fraction of sp³-hybridized carbons (Fsp3) is 0.667. The first-order chi connectivity index (χ1) is 10.00. The average Bonchev–Trinajstić information content (AvgIpc) is 2.92. The largest absolute Gasteiger partial charge is 0.444 e. The summed E-state index contributed by atoms with van der Waals surface area (Å²) in [7, 11) is 0. The van der Waals surface area contributed by atoms with Gasteiger partial charge >= 0.3 is 0 Å². The molecule has 0 spiro atoms. The minimum absolute atomic E-state index is 0.130. The van der Waals surface area contributed by atoms with E-state index in [-0.39, 0.29) is 17.4 Å². The van der Waals surface area contributed by atoms with Crippen LogP contribution in [-0.4, -0.2) is 15.9 Å². The van der Waals surface area contributed by atoms with Gasteiger partial charge in [-0.1, -0.05) is 45.8 Å². The Kier molecular flexibility index (Phi) is 6.81. The number of aryl methyl sites for hydroxylation is 1. The molecule has 0 radical (unpaired) electrons. The lowest BCUT2D eigenvalue weighted by Gasteiger charge is -2.30. The predicted molar refractivity (Wildman–Crippen MR) is 86.8 cm³/mol. The third-order valence-corrected chi connectivity index (χ3v) is 4.00. The maximum Gasteiger partial charge on any atom is 0.233 e. The Morgan fingerprint density at radius 2 is 2.00 bits per heavy atom. The number of rotatable bonds is 9. The quantitative estimate of drug-likeness (QED) is 0.685. The zero-order valence-electron chi connectivity index (χ0n) is 13.1. The standard InChI is InChI=1S/C15H25N3O2S/c1-4-7-15(8-5-2,13(16)21)14(19)18-10-12-17-9-11(6-3)20-12/h9H,4-8,10H2,1-3H3,(H2,16,21)(H,18,19). The van der Waals surface area contributed by atoms with Crippen molar-refractivity contribution in [3.8, 4) is 0 Å². The van der Waals surface area contributed by atoms with Crippen molar-refractivity contribution in [2.24, 2.45) is 11.1 Å². The Morgan fingerprint density at radius 1 is 1.38 bits per heavy atom. The number of thiocarbonyl (C=S) groups is 1. The first kappa shape index (κ1) is 17.6. The minimum atomic E-state index is -0.765. The Balaban J connectivity index is 2.78. The van der Waals surface area contributed by atoms with Gasteiger partial charge in [-0.25, -0.2) is 4.98 Å². The van der Waals surface area contributed by atoms with Gasteiger partial charge in [0.15, 0.2) is 0 Å². The van der Waals surface area contributed by atoms with E-state index in [0.717, 1.165) is 25.0 Å². The molecule has 0 aromatic carbocycles. The van der Waals surface area contributed by atoms with Gasteiger partial charge in [0, 0.05) is 6.42 Å². The van der Waals surface area contributed by atoms with Gasteiger partial charge in [0.2, 0.25) is 11.8 Å². The molecule has 0 saturated carbocycles. The highest BCUT2D eigenvalue weighted by Crippen LogP contribution is 2.31. The van der Waals surface area contributed by atoms with Crippen LogP contribution in [-0.2, 0) is 17.8 Å². The molecule has 1 heterocycles. The van der Waals surface area contributed by atoms with E-state index >= 15 is 0 Å². The van der Waals surface area contributed by atoms with Crippen LogP contribution in [0.5, 0.6) is 0 Å². The van der Waals surface area contributed by atoms with Crippen molar-refractivity contribution in [3.63, 3.8) is 0 Å². The summed E-state index contributed by atoms with van der Waals surface area (Å²) in [5.74, 6) is 1.18. The van der Waals surface area contributed by atoms with Crippen molar-refractivity contribution in [1.29, 1.82) is 0 Å². The van der Waals surface area contributed by atoms with Crippen molar-refractivity contribution in [1.82, 2.24) is 10.3 Å². The summed E-state index contributed by atoms with van der Waals surface area (Å²) in [4.78, 5) is 17.0. The topological polar surface area (TPSA) is 81.2 Å². The molecule has 21 heavy (non-hydrogen) atoms. The van der Waals surface area contributed by atoms with Crippen molar-refractivity contribution >= 4 is 23.1 Å². The van der Waals surface area contributed by atoms with Crippen LogP contribution >= 0.6 is 12.2 Å². The van der Waals surface area contributed by atoms with Gasteiger partial charge in [0.1, 0.15) is 5.76 Å². The van der Waals surface area contributed by atoms with Crippen LogP contribution in [0, 0.1) is 5.41 Å². The lowest BCUT2D eigenvalue weighted by atomic mass is 9.78. The van der Waals surface area contributed by atoms with Gasteiger partial charge in [-0.15, -0.1) is 0 Å². The summed E-state index contributed by atoms with van der Waals surface area (Å²) in [5.41, 5.74) is 5.11. The van der Waals surface area contributed by atoms with E-state index in [0.29, 0.717) is 18.7 Å². The van der Waals surface area contributed by atoms with E-state index in [1.54, 1.807) is 6.20 Å². The Bertz CT molecular complexity index is 479. The molecule has 0 fully saturated rings. The smallest absolute Gasteiger partial charge is 0.233 e. The molecular weight excluding hydrogens is 286 g/mol. The number of carbonyl (C=O) groups excluding carboxylic acids is 1. The number of oxazole rings is 1. The molecule has 0 saturated heterocycles. The van der Waals surface area contributed by atoms with Crippen molar-refractivity contribution in [2.75, 3.05) is 0 Å². The highest BCUT2D eigenvalue weighted by Gasteiger charge is 2.39. The molecule has 1 rings (SSSR count). The van der Waals surface area contributed by atoms with Crippen LogP contribution in [0.4, 0.5) is 0 Å². The summed E-state index contributed by atoms with van der Waals surface area (Å²) < 4.78 is 5.49. The average molecular weight is 311 g/mol. The number of nitrogens with two attached hydrogens (primary N) is 1. The van der Waals surface area contributed by atoms with Gasteiger partial charge < -0.3 is 15.5 Å². The summed E-state index contributed by atoms with van der Waals surface area (Å²) in [5, 5.41) is 2.87. The number of nitrogens with zero attached hydrogens (tertiary/aromatic N) is 1. The molecule has 0 bridgehead atoms. The second-order valence-corrected chi connectivity index (χ2v) is 5.64. The summed E-state index contributed by atoms with van der Waals surface area (Å²) in [6, 6.07) is 0. The number of hydrogen-bond donors (Lipinski definition) is 2. The van der Waals surface area contributed by atoms with Gasteiger partial charge in [-0.05, 0) is 12.8 Å². The molecule has 1 aromatic rings. The van der Waals surface area contributed by atoms with Crippen LogP contribution in [0.2, 0.25) is 0 Å². The van der Waals surface area contributed by atoms with Gasteiger partial charge in [0.25, 0.3) is 0 Å². The molecule has 0 aliphatic carbocycles. The molecule has 0 aliphatic rings. The number of carbonyl (C=O) groups is 1. The Labute approximate surface area is 131 Å². The maximum atomic E-state index is 12.6. The first-order valence-electron chi connectivity index (χ1n) is 7.51. The highest BCUT2D eigenvalue weighted by molar-refractivity contribution is 7.80. The number of amides is 1. The molecule has 5 nitrogen and oxygen atoms in total. The number of hydrogen-bond acceptors (Lipinski definition) is 4. The Hall–Kier alpha value is -1.43. The fourth-order valence-electron chi connectivity index (χ4n) is 2.48. The molecule has 3 N–H and O–H groups in total. The summed E-state index contributed by atoms with van der Waals surface area (Å²) in [6.45, 7) is 6.30. The van der Waals surface area contributed by atoms with Crippen LogP contribution in [0.1, 0.15) is 58.1 Å². The van der Waals surface area contributed by atoms with Crippen LogP contribution < -0.4 is 11.1 Å². The summed E-state index contributed by atoms with van der Waals surface area (Å²) >= 11 is 5.17. The third kappa shape index (κ3) is 4.27. The molecule has 118 valence electrons. The second kappa shape index (κ2) is 8.12. The number of aromatic nitrogens is 1. The van der Waals surface area contributed by atoms with E-state index in [9.17, 15) is 4.79 Å². The fourth-order valence-corrected chi connectivity index (χ4v) is 2.78. The zero-order valence-corrected chi connectivity index (χ0v) is 13.9. The van der Waals surface area contributed by atoms with Gasteiger partial charge in [-0.3, -0.25) is 4.79 Å². The van der Waals surface area contributed by atoms with Crippen molar-refractivity contribution in [2.45, 2.75) is 59.4 Å². The van der Waals surface area contributed by atoms with Gasteiger partial charge in [0.05, 0.1) is 23.1 Å². The lowest BCUT2D eigenvalue weighted by Crippen LogP contribution is -2.48. The van der Waals surface area contributed by atoms with E-state index in [1.807, 2.05) is 20.8 Å². The first-order valence-corrected chi connectivity index (χ1v) is 7.92. The Morgan fingerprint density at radius 3 is 2.43 bits per heavy atom. The molecule has 0 aliphatic heterocycles. The third-order valence-electron chi connectivity index (χ3n) is 3.61. The number of nitrogens with one attached hydrogen (secondary N) is 1. The molecular formula is C15H25N3O2S. The van der Waals surface area contributed by atoms with Crippen molar-refractivity contribution < 1.29 is 9.21 Å². The van der Waals surface area contributed by atoms with Crippen LogP contribution in [0.25, 0.3) is 0 Å². The second-order valence-electron chi connectivity index (χ2n) is 5.20. The normalized spacial score (nSPS) is 11.4. The molecule has 1 amide bonds. The zero-order chi connectivity index (χ0) is 15.9. The minimum Gasteiger partial charge on any atom is -0.444 e. The lowest BCUT2D eigenvalue weighted by molar-refractivity contribution is -0.128. The molecule has 1 aromatic heterocycles. The highest BCUT2D eigenvalue weighted by atomic mass is 32.1. The van der Waals surface area contributed by atoms with Crippen LogP contribution in [0.3, 0.4) is 0 Å². The maximum absolute atomic E-state index is 12.6. The SMILES string of the molecule is CCCC(CCC)(C(=O)NCc1ncc(CC)o1)C(N)=S. The van der Waals surface area contributed by atoms with E-state index in [1.165, 1.54) is 0 Å².